The van der Waals surface area contributed by atoms with E-state index in [0.717, 1.165) is 64.7 Å². The van der Waals surface area contributed by atoms with E-state index < -0.39 is 0 Å². The predicted molar refractivity (Wildman–Crippen MR) is 94.6 cm³/mol. The topological polar surface area (TPSA) is 52.7 Å². The summed E-state index contributed by atoms with van der Waals surface area (Å²) in [6.45, 7) is 4.73. The number of hydrogen-bond donors (Lipinski definition) is 1. The van der Waals surface area contributed by atoms with Crippen molar-refractivity contribution in [1.82, 2.24) is 15.1 Å². The Kier molecular flexibility index (Phi) is 6.52. The van der Waals surface area contributed by atoms with Gasteiger partial charge in [-0.1, -0.05) is 25.7 Å². The van der Waals surface area contributed by atoms with Gasteiger partial charge < -0.3 is 15.1 Å². The largest absolute Gasteiger partial charge is 0.353 e. The molecule has 1 saturated carbocycles. The molecule has 3 fully saturated rings. The molecule has 0 aromatic carbocycles. The molecule has 0 aromatic rings. The van der Waals surface area contributed by atoms with Crippen molar-refractivity contribution in [2.75, 3.05) is 32.7 Å². The van der Waals surface area contributed by atoms with E-state index >= 15 is 0 Å². The summed E-state index contributed by atoms with van der Waals surface area (Å²) in [5.74, 6) is 0.470. The van der Waals surface area contributed by atoms with Crippen molar-refractivity contribution < 1.29 is 9.59 Å². The van der Waals surface area contributed by atoms with Gasteiger partial charge in [0.15, 0.2) is 0 Å². The average Bonchev–Trinajstić information content (AvgIpc) is 3.12. The first-order valence-electron chi connectivity index (χ1n) is 10.1. The lowest BCUT2D eigenvalue weighted by Gasteiger charge is -2.30. The van der Waals surface area contributed by atoms with Crippen LogP contribution in [-0.2, 0) is 9.59 Å². The van der Waals surface area contributed by atoms with E-state index in [4.69, 9.17) is 0 Å². The summed E-state index contributed by atoms with van der Waals surface area (Å²) >= 11 is 0. The Morgan fingerprint density at radius 2 is 1.54 bits per heavy atom. The van der Waals surface area contributed by atoms with Crippen LogP contribution in [0.4, 0.5) is 0 Å². The number of hydrogen-bond acceptors (Lipinski definition) is 3. The van der Waals surface area contributed by atoms with Crippen molar-refractivity contribution in [2.45, 2.75) is 70.3 Å². The molecule has 0 spiro atoms. The molecule has 0 bridgehead atoms. The second-order valence-electron chi connectivity index (χ2n) is 7.72. The predicted octanol–water partition coefficient (Wildman–Crippen LogP) is 2.16. The summed E-state index contributed by atoms with van der Waals surface area (Å²) in [6.07, 6.45) is 11.3. The smallest absolute Gasteiger partial charge is 0.242 e. The number of carbonyl (C=O) groups excluding carboxylic acids is 2. The van der Waals surface area contributed by atoms with Crippen molar-refractivity contribution in [3.8, 4) is 0 Å². The molecule has 2 amide bonds. The Balaban J connectivity index is 1.45. The third kappa shape index (κ3) is 4.50. The first kappa shape index (κ1) is 17.7. The molecule has 0 unspecified atom stereocenters. The SMILES string of the molecule is O=C(NCCN1CCCCC1)[C@@H]1CCCN1C(=O)C1CCCCC1. The van der Waals surface area contributed by atoms with Gasteiger partial charge in [-0.2, -0.15) is 0 Å². The van der Waals surface area contributed by atoms with Crippen LogP contribution in [0.25, 0.3) is 0 Å². The van der Waals surface area contributed by atoms with Gasteiger partial charge >= 0.3 is 0 Å². The lowest BCUT2D eigenvalue weighted by Crippen LogP contribution is -2.49. The fraction of sp³-hybridized carbons (Fsp3) is 0.895. The van der Waals surface area contributed by atoms with Crippen molar-refractivity contribution in [3.05, 3.63) is 0 Å². The Morgan fingerprint density at radius 1 is 0.833 bits per heavy atom. The quantitative estimate of drug-likeness (QED) is 0.838. The van der Waals surface area contributed by atoms with Gasteiger partial charge in [0, 0.05) is 25.6 Å². The van der Waals surface area contributed by atoms with E-state index in [0.29, 0.717) is 6.54 Å². The molecule has 1 N–H and O–H groups in total. The minimum absolute atomic E-state index is 0.0636. The summed E-state index contributed by atoms with van der Waals surface area (Å²) in [6, 6.07) is -0.221. The molecule has 1 aliphatic carbocycles. The third-order valence-electron chi connectivity index (χ3n) is 5.97. The molecule has 1 atom stereocenters. The Morgan fingerprint density at radius 3 is 2.29 bits per heavy atom. The summed E-state index contributed by atoms with van der Waals surface area (Å²) < 4.78 is 0. The zero-order chi connectivity index (χ0) is 16.8. The zero-order valence-corrected chi connectivity index (χ0v) is 15.0. The molecule has 136 valence electrons. The highest BCUT2D eigenvalue weighted by atomic mass is 16.2. The summed E-state index contributed by atoms with van der Waals surface area (Å²) in [7, 11) is 0. The lowest BCUT2D eigenvalue weighted by molar-refractivity contribution is -0.142. The number of piperidine rings is 1. The van der Waals surface area contributed by atoms with E-state index in [2.05, 4.69) is 10.2 Å². The molecule has 24 heavy (non-hydrogen) atoms. The van der Waals surface area contributed by atoms with Gasteiger partial charge in [-0.05, 0) is 51.6 Å². The van der Waals surface area contributed by atoms with Gasteiger partial charge in [-0.3, -0.25) is 9.59 Å². The molecule has 3 rings (SSSR count). The van der Waals surface area contributed by atoms with Crippen LogP contribution in [0.5, 0.6) is 0 Å². The number of nitrogens with one attached hydrogen (secondary N) is 1. The first-order chi connectivity index (χ1) is 11.8. The van der Waals surface area contributed by atoms with Crippen LogP contribution >= 0.6 is 0 Å². The standard InChI is InChI=1S/C19H33N3O2/c23-18(20-11-15-21-12-5-2-6-13-21)17-10-7-14-22(17)19(24)16-8-3-1-4-9-16/h16-17H,1-15H2,(H,20,23)/t17-/m0/s1. The highest BCUT2D eigenvalue weighted by molar-refractivity contribution is 5.89. The molecular formula is C19H33N3O2. The zero-order valence-electron chi connectivity index (χ0n) is 15.0. The number of rotatable bonds is 5. The maximum Gasteiger partial charge on any atom is 0.242 e. The maximum absolute atomic E-state index is 12.8. The van der Waals surface area contributed by atoms with Crippen LogP contribution in [0.1, 0.15) is 64.2 Å². The van der Waals surface area contributed by atoms with Gasteiger partial charge in [0.2, 0.25) is 11.8 Å². The second-order valence-corrected chi connectivity index (χ2v) is 7.72. The second kappa shape index (κ2) is 8.84. The summed E-state index contributed by atoms with van der Waals surface area (Å²) in [5, 5.41) is 3.09. The van der Waals surface area contributed by atoms with Gasteiger partial charge in [0.1, 0.15) is 6.04 Å². The van der Waals surface area contributed by atoms with Crippen molar-refractivity contribution in [2.24, 2.45) is 5.92 Å². The van der Waals surface area contributed by atoms with E-state index in [1.54, 1.807) is 0 Å². The number of likely N-dealkylation sites (tertiary alicyclic amines) is 2. The van der Waals surface area contributed by atoms with Crippen molar-refractivity contribution in [1.29, 1.82) is 0 Å². The molecule has 5 nitrogen and oxygen atoms in total. The van der Waals surface area contributed by atoms with Crippen LogP contribution < -0.4 is 5.32 Å². The Bertz CT molecular complexity index is 428. The normalized spacial score (nSPS) is 26.5. The molecule has 2 heterocycles. The Hall–Kier alpha value is -1.10. The average molecular weight is 335 g/mol. The number of carbonyl (C=O) groups is 2. The van der Waals surface area contributed by atoms with Crippen LogP contribution in [0.2, 0.25) is 0 Å². The fourth-order valence-corrected chi connectivity index (χ4v) is 4.53. The minimum Gasteiger partial charge on any atom is -0.353 e. The van der Waals surface area contributed by atoms with E-state index in [-0.39, 0.29) is 23.8 Å². The molecular weight excluding hydrogens is 302 g/mol. The fourth-order valence-electron chi connectivity index (χ4n) is 4.53. The van der Waals surface area contributed by atoms with Crippen LogP contribution in [0.3, 0.4) is 0 Å². The van der Waals surface area contributed by atoms with Gasteiger partial charge in [0.05, 0.1) is 0 Å². The van der Waals surface area contributed by atoms with E-state index in [1.807, 2.05) is 4.90 Å². The third-order valence-corrected chi connectivity index (χ3v) is 5.97. The molecule has 2 saturated heterocycles. The highest BCUT2D eigenvalue weighted by Gasteiger charge is 2.37. The first-order valence-corrected chi connectivity index (χ1v) is 10.1. The van der Waals surface area contributed by atoms with E-state index in [9.17, 15) is 9.59 Å². The summed E-state index contributed by atoms with van der Waals surface area (Å²) in [5.41, 5.74) is 0. The molecule has 2 aliphatic heterocycles. The van der Waals surface area contributed by atoms with Gasteiger partial charge in [-0.25, -0.2) is 0 Å². The van der Waals surface area contributed by atoms with Crippen LogP contribution in [0, 0.1) is 5.92 Å². The number of amides is 2. The van der Waals surface area contributed by atoms with Crippen LogP contribution in [0.15, 0.2) is 0 Å². The van der Waals surface area contributed by atoms with Crippen LogP contribution in [-0.4, -0.2) is 60.4 Å². The molecule has 3 aliphatic rings. The van der Waals surface area contributed by atoms with Crippen molar-refractivity contribution >= 4 is 11.8 Å². The molecule has 0 aromatic heterocycles. The summed E-state index contributed by atoms with van der Waals surface area (Å²) in [4.78, 5) is 29.7. The number of nitrogens with zero attached hydrogens (tertiary/aromatic N) is 2. The van der Waals surface area contributed by atoms with E-state index in [1.165, 1.54) is 25.7 Å². The Labute approximate surface area is 146 Å². The maximum atomic E-state index is 12.8. The van der Waals surface area contributed by atoms with Gasteiger partial charge in [0.25, 0.3) is 0 Å². The molecule has 0 radical (unpaired) electrons. The molecule has 5 heteroatoms. The lowest BCUT2D eigenvalue weighted by atomic mass is 9.88. The van der Waals surface area contributed by atoms with Gasteiger partial charge in [-0.15, -0.1) is 0 Å². The monoisotopic (exact) mass is 335 g/mol. The highest BCUT2D eigenvalue weighted by Crippen LogP contribution is 2.28. The van der Waals surface area contributed by atoms with Crippen molar-refractivity contribution in [3.63, 3.8) is 0 Å². The minimum atomic E-state index is -0.221.